The number of aliphatic carboxylic acids is 1. The first-order valence-electron chi connectivity index (χ1n) is 5.30. The fourth-order valence-corrected chi connectivity index (χ4v) is 1.01. The standard InChI is InChI=1S/C10H20N2O4/c1-7(2)16-5-3-4-12-10(15)8(11)6-9(13)14/h7-8H,3-6,11H2,1-2H3,(H,12,15)(H,13,14). The van der Waals surface area contributed by atoms with E-state index in [1.807, 2.05) is 13.8 Å². The Kier molecular flexibility index (Phi) is 7.49. The Morgan fingerprint density at radius 2 is 2.06 bits per heavy atom. The molecule has 0 saturated heterocycles. The van der Waals surface area contributed by atoms with Crippen molar-refractivity contribution in [1.82, 2.24) is 5.32 Å². The van der Waals surface area contributed by atoms with Crippen molar-refractivity contribution in [3.63, 3.8) is 0 Å². The number of hydrogen-bond donors (Lipinski definition) is 3. The van der Waals surface area contributed by atoms with Crippen molar-refractivity contribution in [1.29, 1.82) is 0 Å². The van der Waals surface area contributed by atoms with Crippen molar-refractivity contribution in [2.75, 3.05) is 13.2 Å². The van der Waals surface area contributed by atoms with Crippen LogP contribution in [0.1, 0.15) is 26.7 Å². The average Bonchev–Trinajstić information content (AvgIpc) is 2.15. The van der Waals surface area contributed by atoms with E-state index in [9.17, 15) is 9.59 Å². The van der Waals surface area contributed by atoms with Crippen molar-refractivity contribution in [2.24, 2.45) is 5.73 Å². The van der Waals surface area contributed by atoms with Gasteiger partial charge in [-0.1, -0.05) is 0 Å². The number of carboxylic acids is 1. The molecule has 0 fully saturated rings. The van der Waals surface area contributed by atoms with E-state index in [1.54, 1.807) is 0 Å². The zero-order valence-electron chi connectivity index (χ0n) is 9.73. The van der Waals surface area contributed by atoms with Gasteiger partial charge in [-0.15, -0.1) is 0 Å². The van der Waals surface area contributed by atoms with Crippen LogP contribution in [-0.2, 0) is 14.3 Å². The van der Waals surface area contributed by atoms with E-state index in [0.717, 1.165) is 0 Å². The molecule has 1 amide bonds. The predicted octanol–water partition coefficient (Wildman–Crippen LogP) is -0.280. The number of hydrogen-bond acceptors (Lipinski definition) is 4. The van der Waals surface area contributed by atoms with Gasteiger partial charge in [0.1, 0.15) is 0 Å². The van der Waals surface area contributed by atoms with Crippen LogP contribution >= 0.6 is 0 Å². The predicted molar refractivity (Wildman–Crippen MR) is 58.9 cm³/mol. The fraction of sp³-hybridized carbons (Fsp3) is 0.800. The number of rotatable bonds is 8. The summed E-state index contributed by atoms with van der Waals surface area (Å²) in [6.07, 6.45) is 0.503. The molecule has 4 N–H and O–H groups in total. The minimum atomic E-state index is -1.08. The zero-order valence-corrected chi connectivity index (χ0v) is 9.73. The topological polar surface area (TPSA) is 102 Å². The maximum absolute atomic E-state index is 11.2. The lowest BCUT2D eigenvalue weighted by atomic mass is 10.2. The molecule has 0 rings (SSSR count). The molecule has 0 spiro atoms. The number of amides is 1. The Morgan fingerprint density at radius 1 is 1.44 bits per heavy atom. The highest BCUT2D eigenvalue weighted by atomic mass is 16.5. The van der Waals surface area contributed by atoms with Gasteiger partial charge in [0.2, 0.25) is 5.91 Å². The summed E-state index contributed by atoms with van der Waals surface area (Å²) in [6, 6.07) is -0.983. The normalized spacial score (nSPS) is 12.5. The highest BCUT2D eigenvalue weighted by molar-refractivity contribution is 5.85. The largest absolute Gasteiger partial charge is 0.481 e. The summed E-state index contributed by atoms with van der Waals surface area (Å²) in [4.78, 5) is 21.5. The third kappa shape index (κ3) is 8.19. The second-order valence-electron chi connectivity index (χ2n) is 3.77. The Morgan fingerprint density at radius 3 is 2.56 bits per heavy atom. The van der Waals surface area contributed by atoms with Crippen molar-refractivity contribution < 1.29 is 19.4 Å². The van der Waals surface area contributed by atoms with Crippen LogP contribution in [0.15, 0.2) is 0 Å². The molecule has 0 bridgehead atoms. The van der Waals surface area contributed by atoms with E-state index in [4.69, 9.17) is 15.6 Å². The van der Waals surface area contributed by atoms with Crippen LogP contribution in [0.4, 0.5) is 0 Å². The number of nitrogens with one attached hydrogen (secondary N) is 1. The number of carbonyl (C=O) groups excluding carboxylic acids is 1. The number of ether oxygens (including phenoxy) is 1. The third-order valence-corrected chi connectivity index (χ3v) is 1.80. The summed E-state index contributed by atoms with van der Waals surface area (Å²) in [7, 11) is 0. The smallest absolute Gasteiger partial charge is 0.305 e. The highest BCUT2D eigenvalue weighted by Gasteiger charge is 2.15. The first-order valence-corrected chi connectivity index (χ1v) is 5.30. The number of nitrogens with two attached hydrogens (primary N) is 1. The highest BCUT2D eigenvalue weighted by Crippen LogP contribution is 1.91. The molecule has 0 aromatic carbocycles. The van der Waals surface area contributed by atoms with Crippen LogP contribution < -0.4 is 11.1 Å². The Labute approximate surface area is 95.1 Å². The van der Waals surface area contributed by atoms with E-state index < -0.39 is 17.9 Å². The Balaban J connectivity index is 3.53. The summed E-state index contributed by atoms with van der Waals surface area (Å²) in [5.41, 5.74) is 5.36. The van der Waals surface area contributed by atoms with Crippen LogP contribution in [0.2, 0.25) is 0 Å². The second-order valence-corrected chi connectivity index (χ2v) is 3.77. The minimum absolute atomic E-state index is 0.171. The molecular weight excluding hydrogens is 212 g/mol. The molecule has 6 heteroatoms. The minimum Gasteiger partial charge on any atom is -0.481 e. The van der Waals surface area contributed by atoms with E-state index in [0.29, 0.717) is 19.6 Å². The van der Waals surface area contributed by atoms with Crippen molar-refractivity contribution in [2.45, 2.75) is 38.8 Å². The second kappa shape index (κ2) is 8.06. The first-order chi connectivity index (χ1) is 7.43. The number of carboxylic acid groups (broad SMARTS) is 1. The SMILES string of the molecule is CC(C)OCCCNC(=O)C(N)CC(=O)O. The lowest BCUT2D eigenvalue weighted by Crippen LogP contribution is -2.42. The van der Waals surface area contributed by atoms with Crippen LogP contribution in [-0.4, -0.2) is 42.3 Å². The Bertz CT molecular complexity index is 231. The van der Waals surface area contributed by atoms with E-state index in [-0.39, 0.29) is 12.5 Å². The molecular formula is C10H20N2O4. The molecule has 0 aromatic heterocycles. The lowest BCUT2D eigenvalue weighted by molar-refractivity contribution is -0.139. The van der Waals surface area contributed by atoms with Gasteiger partial charge in [0, 0.05) is 13.2 Å². The van der Waals surface area contributed by atoms with E-state index >= 15 is 0 Å². The molecule has 0 aliphatic rings. The van der Waals surface area contributed by atoms with Crippen LogP contribution in [0.25, 0.3) is 0 Å². The molecule has 1 atom stereocenters. The maximum Gasteiger partial charge on any atom is 0.305 e. The molecule has 1 unspecified atom stereocenters. The molecule has 0 saturated carbocycles. The van der Waals surface area contributed by atoms with Crippen molar-refractivity contribution in [3.05, 3.63) is 0 Å². The molecule has 0 radical (unpaired) electrons. The maximum atomic E-state index is 11.2. The van der Waals surface area contributed by atoms with E-state index in [1.165, 1.54) is 0 Å². The number of carbonyl (C=O) groups is 2. The molecule has 6 nitrogen and oxygen atoms in total. The van der Waals surface area contributed by atoms with Gasteiger partial charge in [-0.05, 0) is 20.3 Å². The monoisotopic (exact) mass is 232 g/mol. The summed E-state index contributed by atoms with van der Waals surface area (Å²) in [5.74, 6) is -1.52. The first kappa shape index (κ1) is 14.9. The van der Waals surface area contributed by atoms with Crippen LogP contribution in [0.5, 0.6) is 0 Å². The summed E-state index contributed by atoms with van der Waals surface area (Å²) >= 11 is 0. The average molecular weight is 232 g/mol. The molecule has 0 aliphatic carbocycles. The van der Waals surface area contributed by atoms with Gasteiger partial charge >= 0.3 is 5.97 Å². The van der Waals surface area contributed by atoms with Gasteiger partial charge in [0.15, 0.2) is 0 Å². The third-order valence-electron chi connectivity index (χ3n) is 1.80. The van der Waals surface area contributed by atoms with Crippen molar-refractivity contribution in [3.8, 4) is 0 Å². The van der Waals surface area contributed by atoms with E-state index in [2.05, 4.69) is 5.32 Å². The summed E-state index contributed by atoms with van der Waals surface area (Å²) in [5, 5.41) is 11.0. The van der Waals surface area contributed by atoms with Gasteiger partial charge in [0.25, 0.3) is 0 Å². The molecule has 16 heavy (non-hydrogen) atoms. The molecule has 0 aliphatic heterocycles. The molecule has 94 valence electrons. The van der Waals surface area contributed by atoms with Gasteiger partial charge in [-0.3, -0.25) is 9.59 Å². The quantitative estimate of drug-likeness (QED) is 0.499. The van der Waals surface area contributed by atoms with Crippen LogP contribution in [0.3, 0.4) is 0 Å². The molecule has 0 heterocycles. The van der Waals surface area contributed by atoms with Gasteiger partial charge < -0.3 is 20.9 Å². The summed E-state index contributed by atoms with van der Waals surface area (Å²) in [6.45, 7) is 4.87. The zero-order chi connectivity index (χ0) is 12.6. The Hall–Kier alpha value is -1.14. The van der Waals surface area contributed by atoms with Crippen LogP contribution in [0, 0.1) is 0 Å². The lowest BCUT2D eigenvalue weighted by Gasteiger charge is -2.11. The van der Waals surface area contributed by atoms with Gasteiger partial charge in [-0.2, -0.15) is 0 Å². The van der Waals surface area contributed by atoms with Gasteiger partial charge in [0.05, 0.1) is 18.6 Å². The van der Waals surface area contributed by atoms with Crippen molar-refractivity contribution >= 4 is 11.9 Å². The molecule has 0 aromatic rings. The summed E-state index contributed by atoms with van der Waals surface area (Å²) < 4.78 is 5.27. The van der Waals surface area contributed by atoms with Gasteiger partial charge in [-0.25, -0.2) is 0 Å². The fourth-order valence-electron chi connectivity index (χ4n) is 1.01.